The molecular weight excluding hydrogens is 171 g/mol. The first-order chi connectivity index (χ1) is 3.13. The average Bonchev–Trinajstić information content (AvgIpc) is 1.27. The maximum atomic E-state index is 9.20. The Hall–Kier alpha value is -0.681. The Bertz CT molecular complexity index is 85.9. The van der Waals surface area contributed by atoms with Crippen molar-refractivity contribution in [2.45, 2.75) is 0 Å². The third-order valence-electron chi connectivity index (χ3n) is 0.133. The predicted molar refractivity (Wildman–Crippen MR) is 19.7 cm³/mol. The van der Waals surface area contributed by atoms with Gasteiger partial charge in [-0.15, -0.1) is 0 Å². The van der Waals surface area contributed by atoms with E-state index >= 15 is 0 Å². The summed E-state index contributed by atoms with van der Waals surface area (Å²) in [5.41, 5.74) is 0. The van der Waals surface area contributed by atoms with Gasteiger partial charge in [-0.05, 0) is 0 Å². The van der Waals surface area contributed by atoms with E-state index in [-0.39, 0.29) is 0 Å². The first-order valence-electron chi connectivity index (χ1n) is 1.10. The minimum atomic E-state index is -1.68. The van der Waals surface area contributed by atoms with Crippen LogP contribution in [0.4, 0.5) is 0 Å². The van der Waals surface area contributed by atoms with Crippen molar-refractivity contribution in [1.82, 2.24) is 0 Å². The van der Waals surface area contributed by atoms with E-state index in [1.165, 1.54) is 0 Å². The third kappa shape index (κ3) is 5.32. The molecule has 0 aliphatic heterocycles. The zero-order chi connectivity index (χ0) is 5.86. The fraction of sp³-hybridized carbons (Fsp3) is 0. The molecule has 0 unspecified atom stereocenters. The van der Waals surface area contributed by atoms with Crippen LogP contribution in [-0.4, -0.2) is 23.3 Å². The van der Waals surface area contributed by atoms with Crippen molar-refractivity contribution in [2.24, 2.45) is 0 Å². The van der Waals surface area contributed by atoms with Crippen LogP contribution in [0, 0.1) is 20.2 Å². The molecule has 0 amide bonds. The van der Waals surface area contributed by atoms with Gasteiger partial charge < -0.3 is 0 Å². The molecule has 0 saturated carbocycles. The zero-order valence-electron chi connectivity index (χ0n) is 2.94. The number of hydrogen-bond donors (Lipinski definition) is 0. The molecule has 0 aliphatic carbocycles. The molecule has 0 heterocycles. The van der Waals surface area contributed by atoms with Crippen LogP contribution in [0.3, 0.4) is 0 Å². The van der Waals surface area contributed by atoms with E-state index in [0.717, 1.165) is 0 Å². The second-order valence-electron chi connectivity index (χ2n) is 0.529. The van der Waals surface area contributed by atoms with Crippen LogP contribution in [0.25, 0.3) is 0 Å². The standard InChI is InChI=1S/N2O4Se/c3-1(4)7-2(5)6. The molecule has 7 heavy (non-hydrogen) atoms. The Morgan fingerprint density at radius 3 is 1.43 bits per heavy atom. The molecule has 40 valence electrons. The summed E-state index contributed by atoms with van der Waals surface area (Å²) in [6.45, 7) is 0. The first kappa shape index (κ1) is 6.32. The summed E-state index contributed by atoms with van der Waals surface area (Å²) in [5.74, 6) is 0. The Labute approximate surface area is 44.4 Å². The molecule has 0 bridgehead atoms. The van der Waals surface area contributed by atoms with Gasteiger partial charge in [0.1, 0.15) is 0 Å². The second kappa shape index (κ2) is 2.49. The van der Waals surface area contributed by atoms with Gasteiger partial charge in [-0.25, -0.2) is 0 Å². The Morgan fingerprint density at radius 2 is 1.43 bits per heavy atom. The molecule has 0 saturated heterocycles. The van der Waals surface area contributed by atoms with Crippen LogP contribution in [0.1, 0.15) is 0 Å². The average molecular weight is 171 g/mol. The topological polar surface area (TPSA) is 86.3 Å². The Kier molecular flexibility index (Phi) is 2.24. The van der Waals surface area contributed by atoms with Crippen LogP contribution in [0.5, 0.6) is 0 Å². The van der Waals surface area contributed by atoms with Crippen LogP contribution in [-0.2, 0) is 0 Å². The normalized spacial score (nSPS) is 8.00. The van der Waals surface area contributed by atoms with Gasteiger partial charge in [0.15, 0.2) is 0 Å². The van der Waals surface area contributed by atoms with E-state index in [4.69, 9.17) is 0 Å². The molecule has 0 radical (unpaired) electrons. The van der Waals surface area contributed by atoms with Crippen molar-refractivity contribution in [3.05, 3.63) is 20.2 Å². The summed E-state index contributed by atoms with van der Waals surface area (Å²) in [7, 11) is 0. The van der Waals surface area contributed by atoms with E-state index < -0.39 is 23.3 Å². The summed E-state index contributed by atoms with van der Waals surface area (Å²) >= 11 is -1.68. The van der Waals surface area contributed by atoms with Gasteiger partial charge in [0.25, 0.3) is 0 Å². The monoisotopic (exact) mass is 172 g/mol. The van der Waals surface area contributed by atoms with E-state index in [1.807, 2.05) is 0 Å². The summed E-state index contributed by atoms with van der Waals surface area (Å²) in [6, 6.07) is 0. The summed E-state index contributed by atoms with van der Waals surface area (Å²) in [4.78, 5) is 18.4. The van der Waals surface area contributed by atoms with Crippen molar-refractivity contribution >= 4 is 15.4 Å². The van der Waals surface area contributed by atoms with Crippen molar-refractivity contribution in [3.8, 4) is 0 Å². The minimum absolute atomic E-state index is 0.938. The third-order valence-corrected chi connectivity index (χ3v) is 0.693. The number of hydrogen-bond acceptors (Lipinski definition) is 4. The van der Waals surface area contributed by atoms with Crippen molar-refractivity contribution in [3.63, 3.8) is 0 Å². The number of nitro groups is 2. The molecule has 0 rings (SSSR count). The van der Waals surface area contributed by atoms with Crippen molar-refractivity contribution < 1.29 is 7.88 Å². The summed E-state index contributed by atoms with van der Waals surface area (Å²) in [5, 5.41) is 18.4. The predicted octanol–water partition coefficient (Wildman–Crippen LogP) is -0.926. The van der Waals surface area contributed by atoms with Crippen LogP contribution < -0.4 is 0 Å². The molecule has 6 nitrogen and oxygen atoms in total. The van der Waals surface area contributed by atoms with Gasteiger partial charge in [0, 0.05) is 0 Å². The van der Waals surface area contributed by atoms with Gasteiger partial charge in [-0.3, -0.25) is 0 Å². The van der Waals surface area contributed by atoms with Crippen molar-refractivity contribution in [2.75, 3.05) is 0 Å². The maximum absolute atomic E-state index is 9.20. The first-order valence-corrected chi connectivity index (χ1v) is 2.63. The molecule has 0 aliphatic rings. The molecule has 0 N–H and O–H groups in total. The van der Waals surface area contributed by atoms with Crippen LogP contribution in [0.2, 0.25) is 0 Å². The van der Waals surface area contributed by atoms with Gasteiger partial charge in [-0.2, -0.15) is 0 Å². The van der Waals surface area contributed by atoms with E-state index in [9.17, 15) is 20.2 Å². The van der Waals surface area contributed by atoms with Gasteiger partial charge in [-0.1, -0.05) is 0 Å². The molecule has 0 fully saturated rings. The molecule has 0 spiro atoms. The van der Waals surface area contributed by atoms with E-state index in [0.29, 0.717) is 0 Å². The molecule has 0 aromatic rings. The second-order valence-corrected chi connectivity index (χ2v) is 2.12. The van der Waals surface area contributed by atoms with Crippen LogP contribution >= 0.6 is 0 Å². The Morgan fingerprint density at radius 1 is 1.14 bits per heavy atom. The van der Waals surface area contributed by atoms with Gasteiger partial charge in [0.05, 0.1) is 0 Å². The quantitative estimate of drug-likeness (QED) is 0.305. The number of nitrogens with zero attached hydrogens (tertiary/aromatic N) is 2. The molecular formula is N2O4Se. The zero-order valence-corrected chi connectivity index (χ0v) is 4.65. The SMILES string of the molecule is O=[N+]([O-])[Se][N+](=O)[O-]. The molecule has 0 atom stereocenters. The fourth-order valence-corrected chi connectivity index (χ4v) is 0.283. The summed E-state index contributed by atoms with van der Waals surface area (Å²) in [6.07, 6.45) is 0. The van der Waals surface area contributed by atoms with Crippen molar-refractivity contribution in [1.29, 1.82) is 0 Å². The van der Waals surface area contributed by atoms with Gasteiger partial charge in [0.2, 0.25) is 0 Å². The van der Waals surface area contributed by atoms with Crippen LogP contribution in [0.15, 0.2) is 0 Å². The molecule has 7 heteroatoms. The van der Waals surface area contributed by atoms with Gasteiger partial charge >= 0.3 is 43.5 Å². The molecule has 0 aromatic carbocycles. The fourth-order valence-electron chi connectivity index (χ4n) is 0.0544. The summed E-state index contributed by atoms with van der Waals surface area (Å²) < 4.78 is -1.88. The van der Waals surface area contributed by atoms with E-state index in [1.54, 1.807) is 0 Å². The Balaban J connectivity index is 3.32. The van der Waals surface area contributed by atoms with E-state index in [2.05, 4.69) is 0 Å². The number of rotatable bonds is 2. The molecule has 0 aromatic heterocycles.